The van der Waals surface area contributed by atoms with E-state index in [9.17, 15) is 9.59 Å². The number of nitrogens with zero attached hydrogens (tertiary/aromatic N) is 1. The van der Waals surface area contributed by atoms with Crippen molar-refractivity contribution in [2.75, 3.05) is 18.8 Å². The molecule has 4 N–H and O–H groups in total. The number of thiophene rings is 1. The van der Waals surface area contributed by atoms with Crippen molar-refractivity contribution in [1.82, 2.24) is 15.3 Å². The number of hydrogen-bond acceptors (Lipinski definition) is 6. The first-order chi connectivity index (χ1) is 9.20. The lowest BCUT2D eigenvalue weighted by molar-refractivity contribution is -0.120. The Morgan fingerprint density at radius 1 is 1.58 bits per heavy atom. The summed E-state index contributed by atoms with van der Waals surface area (Å²) in [5.74, 6) is 0.522. The van der Waals surface area contributed by atoms with Crippen molar-refractivity contribution in [3.63, 3.8) is 0 Å². The Bertz CT molecular complexity index is 622. The molecule has 2 rings (SSSR count). The molecule has 0 aliphatic rings. The van der Waals surface area contributed by atoms with Crippen LogP contribution in [0.4, 0.5) is 0 Å². The lowest BCUT2D eigenvalue weighted by atomic mass is 10.4. The van der Waals surface area contributed by atoms with E-state index in [4.69, 9.17) is 5.73 Å². The second-order valence-corrected chi connectivity index (χ2v) is 5.73. The minimum Gasteiger partial charge on any atom is -0.355 e. The van der Waals surface area contributed by atoms with E-state index in [0.29, 0.717) is 35.8 Å². The molecule has 6 nitrogen and oxygen atoms in total. The summed E-state index contributed by atoms with van der Waals surface area (Å²) in [6.45, 7) is 0.919. The number of carbonyl (C=O) groups excluding carboxylic acids is 1. The van der Waals surface area contributed by atoms with Gasteiger partial charge < -0.3 is 16.0 Å². The number of hydrogen-bond donors (Lipinski definition) is 3. The van der Waals surface area contributed by atoms with Crippen LogP contribution in [0.1, 0.15) is 6.42 Å². The number of thioether (sulfide) groups is 1. The summed E-state index contributed by atoms with van der Waals surface area (Å²) in [5, 5.41) is 5.68. The van der Waals surface area contributed by atoms with Gasteiger partial charge in [0.2, 0.25) is 5.91 Å². The minimum absolute atomic E-state index is 0.0440. The van der Waals surface area contributed by atoms with Crippen molar-refractivity contribution in [2.24, 2.45) is 5.73 Å². The number of carbonyl (C=O) groups is 1. The number of H-pyrrole nitrogens is 1. The van der Waals surface area contributed by atoms with Crippen LogP contribution < -0.4 is 16.6 Å². The molecular formula is C11H14N4O2S2. The maximum atomic E-state index is 11.7. The van der Waals surface area contributed by atoms with E-state index in [1.165, 1.54) is 23.1 Å². The summed E-state index contributed by atoms with van der Waals surface area (Å²) in [6.07, 6.45) is 0.372. The van der Waals surface area contributed by atoms with Gasteiger partial charge in [0, 0.05) is 25.3 Å². The highest BCUT2D eigenvalue weighted by atomic mass is 32.2. The van der Waals surface area contributed by atoms with Gasteiger partial charge in [0.1, 0.15) is 4.83 Å². The molecule has 0 saturated carbocycles. The Hall–Kier alpha value is -1.38. The third-order valence-corrected chi connectivity index (χ3v) is 4.03. The number of rotatable bonds is 6. The van der Waals surface area contributed by atoms with E-state index in [-0.39, 0.29) is 11.5 Å². The van der Waals surface area contributed by atoms with Crippen molar-refractivity contribution in [3.05, 3.63) is 21.8 Å². The fourth-order valence-corrected chi connectivity index (χ4v) is 3.08. The van der Waals surface area contributed by atoms with E-state index in [1.807, 2.05) is 5.38 Å². The summed E-state index contributed by atoms with van der Waals surface area (Å²) < 4.78 is 0. The van der Waals surface area contributed by atoms with Gasteiger partial charge in [-0.25, -0.2) is 4.98 Å². The summed E-state index contributed by atoms with van der Waals surface area (Å²) in [5.41, 5.74) is 5.15. The molecule has 19 heavy (non-hydrogen) atoms. The lowest BCUT2D eigenvalue weighted by Gasteiger charge is -2.03. The highest BCUT2D eigenvalue weighted by Crippen LogP contribution is 2.19. The normalized spacial score (nSPS) is 10.8. The molecule has 0 bridgehead atoms. The standard InChI is InChI=1S/C11H14N4O2S2/c12-3-4-13-8(16)2-6-19-11-14-9(17)7-1-5-18-10(7)15-11/h1,5H,2-4,6,12H2,(H,13,16)(H,14,15,17). The number of fused-ring (bicyclic) bond motifs is 1. The van der Waals surface area contributed by atoms with Crippen LogP contribution in [0.25, 0.3) is 10.2 Å². The fourth-order valence-electron chi connectivity index (χ4n) is 1.45. The molecule has 102 valence electrons. The number of amides is 1. The first-order valence-corrected chi connectivity index (χ1v) is 7.64. The molecule has 0 atom stereocenters. The Morgan fingerprint density at radius 3 is 3.21 bits per heavy atom. The maximum absolute atomic E-state index is 11.7. The highest BCUT2D eigenvalue weighted by Gasteiger charge is 2.06. The van der Waals surface area contributed by atoms with Gasteiger partial charge in [-0.05, 0) is 11.4 Å². The number of nitrogens with two attached hydrogens (primary N) is 1. The second kappa shape index (κ2) is 6.69. The van der Waals surface area contributed by atoms with Gasteiger partial charge in [-0.2, -0.15) is 0 Å². The Labute approximate surface area is 117 Å². The number of aromatic nitrogens is 2. The van der Waals surface area contributed by atoms with Crippen LogP contribution >= 0.6 is 23.1 Å². The third kappa shape index (κ3) is 3.79. The Morgan fingerprint density at radius 2 is 2.42 bits per heavy atom. The topological polar surface area (TPSA) is 101 Å². The molecule has 0 aliphatic heterocycles. The molecule has 2 heterocycles. The smallest absolute Gasteiger partial charge is 0.260 e. The Kier molecular flexibility index (Phi) is 4.94. The number of nitrogens with one attached hydrogen (secondary N) is 2. The van der Waals surface area contributed by atoms with Gasteiger partial charge in [-0.3, -0.25) is 9.59 Å². The van der Waals surface area contributed by atoms with Crippen molar-refractivity contribution >= 4 is 39.2 Å². The van der Waals surface area contributed by atoms with Crippen LogP contribution in [-0.4, -0.2) is 34.7 Å². The molecule has 0 unspecified atom stereocenters. The first-order valence-electron chi connectivity index (χ1n) is 5.78. The second-order valence-electron chi connectivity index (χ2n) is 3.75. The molecule has 0 fully saturated rings. The summed E-state index contributed by atoms with van der Waals surface area (Å²) in [7, 11) is 0. The van der Waals surface area contributed by atoms with Gasteiger partial charge in [0.25, 0.3) is 5.56 Å². The predicted molar refractivity (Wildman–Crippen MR) is 77.6 cm³/mol. The van der Waals surface area contributed by atoms with E-state index in [0.717, 1.165) is 4.83 Å². The average molecular weight is 298 g/mol. The van der Waals surface area contributed by atoms with E-state index in [2.05, 4.69) is 15.3 Å². The van der Waals surface area contributed by atoms with Crippen LogP contribution in [0.3, 0.4) is 0 Å². The van der Waals surface area contributed by atoms with Crippen molar-refractivity contribution < 1.29 is 4.79 Å². The quantitative estimate of drug-likeness (QED) is 0.534. The largest absolute Gasteiger partial charge is 0.355 e. The molecule has 0 aliphatic carbocycles. The molecule has 8 heteroatoms. The molecule has 2 aromatic heterocycles. The van der Waals surface area contributed by atoms with Crippen LogP contribution in [0.5, 0.6) is 0 Å². The Balaban J connectivity index is 1.91. The lowest BCUT2D eigenvalue weighted by Crippen LogP contribution is -2.29. The van der Waals surface area contributed by atoms with E-state index in [1.54, 1.807) is 6.07 Å². The van der Waals surface area contributed by atoms with Crippen LogP contribution in [0.15, 0.2) is 21.4 Å². The molecule has 0 spiro atoms. The maximum Gasteiger partial charge on any atom is 0.260 e. The minimum atomic E-state index is -0.138. The molecule has 0 aromatic carbocycles. The SMILES string of the molecule is NCCNC(=O)CCSc1nc2sccc2c(=O)[nH]1. The van der Waals surface area contributed by atoms with Gasteiger partial charge in [0.05, 0.1) is 5.39 Å². The van der Waals surface area contributed by atoms with Crippen LogP contribution in [-0.2, 0) is 4.79 Å². The zero-order valence-corrected chi connectivity index (χ0v) is 11.8. The molecule has 0 saturated heterocycles. The van der Waals surface area contributed by atoms with Crippen LogP contribution in [0, 0.1) is 0 Å². The number of aromatic amines is 1. The van der Waals surface area contributed by atoms with Gasteiger partial charge >= 0.3 is 0 Å². The molecular weight excluding hydrogens is 284 g/mol. The van der Waals surface area contributed by atoms with Crippen molar-refractivity contribution in [3.8, 4) is 0 Å². The fraction of sp³-hybridized carbons (Fsp3) is 0.364. The van der Waals surface area contributed by atoms with Crippen molar-refractivity contribution in [1.29, 1.82) is 0 Å². The van der Waals surface area contributed by atoms with Gasteiger partial charge in [-0.1, -0.05) is 11.8 Å². The monoisotopic (exact) mass is 298 g/mol. The first kappa shape index (κ1) is 14.0. The van der Waals surface area contributed by atoms with Gasteiger partial charge in [-0.15, -0.1) is 11.3 Å². The zero-order valence-electron chi connectivity index (χ0n) is 10.1. The summed E-state index contributed by atoms with van der Waals surface area (Å²) >= 11 is 2.79. The van der Waals surface area contributed by atoms with E-state index >= 15 is 0 Å². The molecule has 2 aromatic rings. The van der Waals surface area contributed by atoms with Crippen LogP contribution in [0.2, 0.25) is 0 Å². The van der Waals surface area contributed by atoms with Gasteiger partial charge in [0.15, 0.2) is 5.16 Å². The zero-order chi connectivity index (χ0) is 13.7. The van der Waals surface area contributed by atoms with E-state index < -0.39 is 0 Å². The average Bonchev–Trinajstić information content (AvgIpc) is 2.85. The summed E-state index contributed by atoms with van der Waals surface area (Å²) in [6, 6.07) is 1.75. The summed E-state index contributed by atoms with van der Waals surface area (Å²) in [4.78, 5) is 30.8. The van der Waals surface area contributed by atoms with Crippen molar-refractivity contribution in [2.45, 2.75) is 11.6 Å². The molecule has 0 radical (unpaired) electrons. The predicted octanol–water partition coefficient (Wildman–Crippen LogP) is 0.542. The molecule has 1 amide bonds. The third-order valence-electron chi connectivity index (χ3n) is 2.35. The highest BCUT2D eigenvalue weighted by molar-refractivity contribution is 7.99.